The van der Waals surface area contributed by atoms with Gasteiger partial charge < -0.3 is 19.5 Å². The molecule has 0 bridgehead atoms. The lowest BCUT2D eigenvalue weighted by atomic mass is 10.1. The van der Waals surface area contributed by atoms with E-state index in [-0.39, 0.29) is 12.8 Å². The first kappa shape index (κ1) is 11.7. The van der Waals surface area contributed by atoms with Crippen molar-refractivity contribution in [2.45, 2.75) is 31.8 Å². The Morgan fingerprint density at radius 2 is 2.22 bits per heavy atom. The van der Waals surface area contributed by atoms with E-state index in [1.165, 1.54) is 10.9 Å². The maximum atomic E-state index is 9.79. The molecule has 1 aliphatic heterocycles. The topological polar surface area (TPSA) is 54.6 Å². The van der Waals surface area contributed by atoms with Crippen molar-refractivity contribution in [3.05, 3.63) is 36.0 Å². The Kier molecular flexibility index (Phi) is 2.86. The van der Waals surface area contributed by atoms with Gasteiger partial charge in [-0.15, -0.1) is 0 Å². The number of aliphatic hydroxyl groups is 2. The van der Waals surface area contributed by atoms with Gasteiger partial charge in [0.15, 0.2) is 0 Å². The van der Waals surface area contributed by atoms with Crippen LogP contribution >= 0.6 is 0 Å². The van der Waals surface area contributed by atoms with Crippen LogP contribution in [0.1, 0.15) is 18.2 Å². The van der Waals surface area contributed by atoms with Gasteiger partial charge in [0.25, 0.3) is 0 Å². The molecule has 0 aliphatic carbocycles. The molecular weight excluding hydrogens is 230 g/mol. The van der Waals surface area contributed by atoms with Crippen molar-refractivity contribution in [3.63, 3.8) is 0 Å². The van der Waals surface area contributed by atoms with Crippen LogP contribution in [0.15, 0.2) is 30.5 Å². The van der Waals surface area contributed by atoms with E-state index >= 15 is 0 Å². The smallest absolute Gasteiger partial charge is 0.137 e. The van der Waals surface area contributed by atoms with Crippen LogP contribution in [0.4, 0.5) is 0 Å². The number of nitrogens with zero attached hydrogens (tertiary/aromatic N) is 1. The number of hydrogen-bond acceptors (Lipinski definition) is 3. The molecule has 3 rings (SSSR count). The summed E-state index contributed by atoms with van der Waals surface area (Å²) in [5, 5.41) is 20.1. The molecule has 4 nitrogen and oxygen atoms in total. The van der Waals surface area contributed by atoms with Gasteiger partial charge in [0.1, 0.15) is 12.3 Å². The average molecular weight is 247 g/mol. The van der Waals surface area contributed by atoms with Crippen molar-refractivity contribution < 1.29 is 14.9 Å². The minimum Gasteiger partial charge on any atom is -0.394 e. The van der Waals surface area contributed by atoms with Crippen molar-refractivity contribution in [1.82, 2.24) is 4.57 Å². The zero-order valence-electron chi connectivity index (χ0n) is 10.3. The number of aromatic nitrogens is 1. The summed E-state index contributed by atoms with van der Waals surface area (Å²) < 4.78 is 7.71. The van der Waals surface area contributed by atoms with Crippen molar-refractivity contribution >= 4 is 10.9 Å². The first-order valence-electron chi connectivity index (χ1n) is 6.21. The van der Waals surface area contributed by atoms with E-state index in [0.717, 1.165) is 5.52 Å². The van der Waals surface area contributed by atoms with Crippen LogP contribution in [0.3, 0.4) is 0 Å². The molecule has 1 fully saturated rings. The predicted octanol–water partition coefficient (Wildman–Crippen LogP) is 1.59. The molecule has 3 atom stereocenters. The molecule has 0 saturated carbocycles. The molecule has 1 aliphatic rings. The normalized spacial score (nSPS) is 28.1. The highest BCUT2D eigenvalue weighted by atomic mass is 16.5. The van der Waals surface area contributed by atoms with E-state index < -0.39 is 12.2 Å². The highest BCUT2D eigenvalue weighted by Crippen LogP contribution is 2.32. The van der Waals surface area contributed by atoms with Gasteiger partial charge >= 0.3 is 0 Å². The largest absolute Gasteiger partial charge is 0.394 e. The van der Waals surface area contributed by atoms with Crippen molar-refractivity contribution in [1.29, 1.82) is 0 Å². The van der Waals surface area contributed by atoms with E-state index in [1.807, 2.05) is 22.9 Å². The number of aliphatic hydroxyl groups excluding tert-OH is 2. The van der Waals surface area contributed by atoms with Gasteiger partial charge in [-0.3, -0.25) is 0 Å². The van der Waals surface area contributed by atoms with Crippen molar-refractivity contribution in [3.8, 4) is 0 Å². The van der Waals surface area contributed by atoms with E-state index in [2.05, 4.69) is 19.1 Å². The second-order valence-corrected chi connectivity index (χ2v) is 4.85. The van der Waals surface area contributed by atoms with Crippen molar-refractivity contribution in [2.75, 3.05) is 6.61 Å². The van der Waals surface area contributed by atoms with Crippen LogP contribution in [0.5, 0.6) is 0 Å². The summed E-state index contributed by atoms with van der Waals surface area (Å²) in [6.07, 6.45) is 1.23. The quantitative estimate of drug-likeness (QED) is 0.847. The van der Waals surface area contributed by atoms with Crippen LogP contribution in [0, 0.1) is 6.92 Å². The van der Waals surface area contributed by atoms with Crippen LogP contribution < -0.4 is 0 Å². The highest BCUT2D eigenvalue weighted by molar-refractivity contribution is 5.83. The van der Waals surface area contributed by atoms with Gasteiger partial charge in [0.2, 0.25) is 0 Å². The van der Waals surface area contributed by atoms with Gasteiger partial charge in [-0.1, -0.05) is 12.1 Å². The van der Waals surface area contributed by atoms with Crippen LogP contribution in [-0.2, 0) is 4.74 Å². The van der Waals surface area contributed by atoms with Crippen LogP contribution in [0.25, 0.3) is 10.9 Å². The Balaban J connectivity index is 1.99. The third-order valence-electron chi connectivity index (χ3n) is 3.68. The van der Waals surface area contributed by atoms with E-state index in [4.69, 9.17) is 9.84 Å². The summed E-state index contributed by atoms with van der Waals surface area (Å²) in [5.41, 5.74) is 2.33. The molecule has 18 heavy (non-hydrogen) atoms. The molecule has 1 aromatic heterocycles. The third-order valence-corrected chi connectivity index (χ3v) is 3.68. The molecule has 1 aromatic carbocycles. The van der Waals surface area contributed by atoms with Crippen molar-refractivity contribution in [2.24, 2.45) is 0 Å². The fourth-order valence-corrected chi connectivity index (χ4v) is 2.64. The van der Waals surface area contributed by atoms with Gasteiger partial charge in [-0.2, -0.15) is 0 Å². The summed E-state index contributed by atoms with van der Waals surface area (Å²) in [5.74, 6) is 0. The number of hydrogen-bond donors (Lipinski definition) is 2. The lowest BCUT2D eigenvalue weighted by molar-refractivity contribution is -0.0428. The number of aryl methyl sites for hydroxylation is 1. The fourth-order valence-electron chi connectivity index (χ4n) is 2.64. The van der Waals surface area contributed by atoms with E-state index in [0.29, 0.717) is 6.42 Å². The monoisotopic (exact) mass is 247 g/mol. The average Bonchev–Trinajstić information content (AvgIpc) is 2.93. The maximum Gasteiger partial charge on any atom is 0.137 e. The molecule has 2 N–H and O–H groups in total. The standard InChI is InChI=1S/C14H17NO3/c1-9-3-2-4-11-10(9)5-6-15(11)14-7-12(17)13(8-16)18-14/h2-6,12-14,16-17H,7-8H2,1H3/t12-,13+,14+/m0/s1. The summed E-state index contributed by atoms with van der Waals surface area (Å²) >= 11 is 0. The summed E-state index contributed by atoms with van der Waals surface area (Å²) in [6.45, 7) is 1.93. The first-order chi connectivity index (χ1) is 8.70. The van der Waals surface area contributed by atoms with E-state index in [1.54, 1.807) is 0 Å². The molecule has 0 unspecified atom stereocenters. The highest BCUT2D eigenvalue weighted by Gasteiger charge is 2.34. The molecule has 0 radical (unpaired) electrons. The molecule has 2 aromatic rings. The summed E-state index contributed by atoms with van der Waals surface area (Å²) in [7, 11) is 0. The van der Waals surface area contributed by atoms with Gasteiger partial charge in [0, 0.05) is 18.0 Å². The van der Waals surface area contributed by atoms with E-state index in [9.17, 15) is 5.11 Å². The number of rotatable bonds is 2. The minimum absolute atomic E-state index is 0.143. The first-order valence-corrected chi connectivity index (χ1v) is 6.21. The molecule has 96 valence electrons. The van der Waals surface area contributed by atoms with Gasteiger partial charge in [-0.05, 0) is 24.6 Å². The second kappa shape index (κ2) is 4.39. The minimum atomic E-state index is -0.595. The molecule has 1 saturated heterocycles. The molecule has 4 heteroatoms. The Morgan fingerprint density at radius 1 is 1.39 bits per heavy atom. The zero-order valence-corrected chi connectivity index (χ0v) is 10.3. The Labute approximate surface area is 105 Å². The van der Waals surface area contributed by atoms with Crippen LogP contribution in [-0.4, -0.2) is 33.6 Å². The number of fused-ring (bicyclic) bond motifs is 1. The zero-order chi connectivity index (χ0) is 12.7. The molecule has 2 heterocycles. The summed E-state index contributed by atoms with van der Waals surface area (Å²) in [4.78, 5) is 0. The second-order valence-electron chi connectivity index (χ2n) is 4.85. The predicted molar refractivity (Wildman–Crippen MR) is 68.3 cm³/mol. The Hall–Kier alpha value is -1.36. The third kappa shape index (κ3) is 1.73. The lowest BCUT2D eigenvalue weighted by Gasteiger charge is -2.15. The van der Waals surface area contributed by atoms with Crippen LogP contribution in [0.2, 0.25) is 0 Å². The Bertz CT molecular complexity index is 563. The molecular formula is C14H17NO3. The van der Waals surface area contributed by atoms with Gasteiger partial charge in [0.05, 0.1) is 18.2 Å². The lowest BCUT2D eigenvalue weighted by Crippen LogP contribution is -2.24. The summed E-state index contributed by atoms with van der Waals surface area (Å²) in [6, 6.07) is 8.20. The number of benzene rings is 1. The SMILES string of the molecule is Cc1cccc2c1ccn2[C@H]1C[C@H](O)[C@@H](CO)O1. The van der Waals surface area contributed by atoms with Gasteiger partial charge in [-0.25, -0.2) is 0 Å². The molecule has 0 amide bonds. The maximum absolute atomic E-state index is 9.79. The molecule has 0 spiro atoms. The Morgan fingerprint density at radius 3 is 2.94 bits per heavy atom. The fraction of sp³-hybridized carbons (Fsp3) is 0.429. The number of ether oxygens (including phenoxy) is 1.